The summed E-state index contributed by atoms with van der Waals surface area (Å²) in [6.45, 7) is 12.0. The van der Waals surface area contributed by atoms with Crippen molar-refractivity contribution in [1.82, 2.24) is 14.7 Å². The molecule has 0 aliphatic carbocycles. The third-order valence-electron chi connectivity index (χ3n) is 5.09. The lowest BCUT2D eigenvalue weighted by molar-refractivity contribution is 0.0956. The van der Waals surface area contributed by atoms with E-state index in [1.807, 2.05) is 6.07 Å². The molecule has 3 heterocycles. The lowest BCUT2D eigenvalue weighted by Gasteiger charge is -2.28. The van der Waals surface area contributed by atoms with Gasteiger partial charge in [0.05, 0.1) is 38.7 Å². The van der Waals surface area contributed by atoms with E-state index in [1.54, 1.807) is 10.7 Å². The first-order valence-corrected chi connectivity index (χ1v) is 9.41. The first kappa shape index (κ1) is 18.5. The topological polar surface area (TPSA) is 56.6 Å². The first-order valence-electron chi connectivity index (χ1n) is 9.41. The number of aromatic nitrogens is 2. The molecule has 2 saturated heterocycles. The summed E-state index contributed by atoms with van der Waals surface area (Å²) in [5.74, 6) is 0.411. The SMILES string of the molecule is CC(C)(C)c1ccc(=O)n(CC2CCCN2CC2COCCOC2)n1. The molecule has 1 unspecified atom stereocenters. The number of hydrogen-bond acceptors (Lipinski definition) is 5. The van der Waals surface area contributed by atoms with Crippen molar-refractivity contribution in [2.45, 2.75) is 51.6 Å². The zero-order valence-corrected chi connectivity index (χ0v) is 15.7. The van der Waals surface area contributed by atoms with Gasteiger partial charge in [-0.3, -0.25) is 9.69 Å². The van der Waals surface area contributed by atoms with E-state index < -0.39 is 0 Å². The maximum absolute atomic E-state index is 12.3. The summed E-state index contributed by atoms with van der Waals surface area (Å²) in [6.07, 6.45) is 2.29. The molecule has 1 aromatic rings. The van der Waals surface area contributed by atoms with E-state index in [2.05, 4.69) is 30.8 Å². The van der Waals surface area contributed by atoms with Crippen LogP contribution in [0.5, 0.6) is 0 Å². The van der Waals surface area contributed by atoms with Gasteiger partial charge in [-0.1, -0.05) is 20.8 Å². The van der Waals surface area contributed by atoms with E-state index in [0.717, 1.165) is 38.4 Å². The highest BCUT2D eigenvalue weighted by molar-refractivity contribution is 5.10. The van der Waals surface area contributed by atoms with Crippen LogP contribution in [0.4, 0.5) is 0 Å². The average Bonchev–Trinajstić information content (AvgIpc) is 2.81. The third kappa shape index (κ3) is 4.90. The van der Waals surface area contributed by atoms with E-state index in [-0.39, 0.29) is 11.0 Å². The van der Waals surface area contributed by atoms with Gasteiger partial charge in [0.15, 0.2) is 0 Å². The summed E-state index contributed by atoms with van der Waals surface area (Å²) < 4.78 is 12.9. The van der Waals surface area contributed by atoms with Crippen molar-refractivity contribution in [3.63, 3.8) is 0 Å². The van der Waals surface area contributed by atoms with Crippen molar-refractivity contribution in [3.8, 4) is 0 Å². The molecule has 3 rings (SSSR count). The maximum atomic E-state index is 12.3. The Hall–Kier alpha value is -1.24. The average molecular weight is 349 g/mol. The highest BCUT2D eigenvalue weighted by Crippen LogP contribution is 2.22. The lowest BCUT2D eigenvalue weighted by Crippen LogP contribution is -2.41. The Kier molecular flexibility index (Phi) is 5.92. The molecule has 0 amide bonds. The minimum atomic E-state index is -0.0557. The van der Waals surface area contributed by atoms with Crippen LogP contribution in [-0.2, 0) is 21.4 Å². The summed E-state index contributed by atoms with van der Waals surface area (Å²) in [5, 5.41) is 4.63. The van der Waals surface area contributed by atoms with Gasteiger partial charge in [0.1, 0.15) is 0 Å². The van der Waals surface area contributed by atoms with Crippen LogP contribution in [0.3, 0.4) is 0 Å². The summed E-state index contributed by atoms with van der Waals surface area (Å²) in [4.78, 5) is 14.8. The largest absolute Gasteiger partial charge is 0.379 e. The molecule has 0 aromatic carbocycles. The van der Waals surface area contributed by atoms with Crippen molar-refractivity contribution in [2.24, 2.45) is 5.92 Å². The normalized spacial score (nSPS) is 23.7. The van der Waals surface area contributed by atoms with Gasteiger partial charge in [0.25, 0.3) is 5.56 Å². The van der Waals surface area contributed by atoms with E-state index in [4.69, 9.17) is 9.47 Å². The molecular weight excluding hydrogens is 318 g/mol. The van der Waals surface area contributed by atoms with Crippen LogP contribution in [0.15, 0.2) is 16.9 Å². The number of ether oxygens (including phenoxy) is 2. The molecule has 0 spiro atoms. The van der Waals surface area contributed by atoms with Gasteiger partial charge in [0.2, 0.25) is 0 Å². The van der Waals surface area contributed by atoms with Gasteiger partial charge in [-0.05, 0) is 25.5 Å². The number of rotatable bonds is 4. The number of nitrogens with zero attached hydrogens (tertiary/aromatic N) is 3. The Balaban J connectivity index is 1.68. The Morgan fingerprint density at radius 3 is 2.56 bits per heavy atom. The van der Waals surface area contributed by atoms with E-state index >= 15 is 0 Å². The van der Waals surface area contributed by atoms with Crippen LogP contribution >= 0.6 is 0 Å². The van der Waals surface area contributed by atoms with Crippen molar-refractivity contribution < 1.29 is 9.47 Å². The summed E-state index contributed by atoms with van der Waals surface area (Å²) in [7, 11) is 0. The molecule has 1 atom stereocenters. The van der Waals surface area contributed by atoms with Crippen LogP contribution in [0.1, 0.15) is 39.3 Å². The number of hydrogen-bond donors (Lipinski definition) is 0. The van der Waals surface area contributed by atoms with Gasteiger partial charge >= 0.3 is 0 Å². The zero-order chi connectivity index (χ0) is 17.9. The van der Waals surface area contributed by atoms with Gasteiger partial charge < -0.3 is 9.47 Å². The van der Waals surface area contributed by atoms with Crippen LogP contribution in [-0.4, -0.2) is 60.2 Å². The Morgan fingerprint density at radius 2 is 1.88 bits per heavy atom. The van der Waals surface area contributed by atoms with Crippen molar-refractivity contribution in [3.05, 3.63) is 28.2 Å². The van der Waals surface area contributed by atoms with Crippen LogP contribution < -0.4 is 5.56 Å². The molecule has 6 nitrogen and oxygen atoms in total. The zero-order valence-electron chi connectivity index (χ0n) is 15.7. The standard InChI is InChI=1S/C19H31N3O3/c1-19(2,3)17-6-7-18(23)22(20-17)12-16-5-4-8-21(16)11-15-13-24-9-10-25-14-15/h6-7,15-16H,4-5,8-14H2,1-3H3. The summed E-state index contributed by atoms with van der Waals surface area (Å²) >= 11 is 0. The van der Waals surface area contributed by atoms with Gasteiger partial charge in [-0.2, -0.15) is 5.10 Å². The summed E-state index contributed by atoms with van der Waals surface area (Å²) in [6, 6.07) is 3.87. The molecule has 6 heteroatoms. The molecule has 0 bridgehead atoms. The van der Waals surface area contributed by atoms with Gasteiger partial charge in [-0.25, -0.2) is 4.68 Å². The molecule has 0 radical (unpaired) electrons. The minimum Gasteiger partial charge on any atom is -0.379 e. The molecule has 25 heavy (non-hydrogen) atoms. The highest BCUT2D eigenvalue weighted by Gasteiger charge is 2.28. The minimum absolute atomic E-state index is 0.0130. The molecule has 140 valence electrons. The van der Waals surface area contributed by atoms with Crippen molar-refractivity contribution >= 4 is 0 Å². The molecule has 2 aliphatic rings. The van der Waals surface area contributed by atoms with Gasteiger partial charge in [0, 0.05) is 30.0 Å². The van der Waals surface area contributed by atoms with Crippen LogP contribution in [0, 0.1) is 5.92 Å². The molecular formula is C19H31N3O3. The Bertz CT molecular complexity index is 615. The van der Waals surface area contributed by atoms with Crippen LogP contribution in [0.25, 0.3) is 0 Å². The smallest absolute Gasteiger partial charge is 0.266 e. The van der Waals surface area contributed by atoms with E-state index in [1.165, 1.54) is 6.42 Å². The maximum Gasteiger partial charge on any atom is 0.266 e. The quantitative estimate of drug-likeness (QED) is 0.828. The molecule has 2 fully saturated rings. The molecule has 2 aliphatic heterocycles. The van der Waals surface area contributed by atoms with E-state index in [0.29, 0.717) is 31.7 Å². The molecule has 0 saturated carbocycles. The van der Waals surface area contributed by atoms with E-state index in [9.17, 15) is 4.79 Å². The second-order valence-electron chi connectivity index (χ2n) is 8.30. The second-order valence-corrected chi connectivity index (χ2v) is 8.30. The Morgan fingerprint density at radius 1 is 1.16 bits per heavy atom. The van der Waals surface area contributed by atoms with Crippen molar-refractivity contribution in [2.75, 3.05) is 39.5 Å². The van der Waals surface area contributed by atoms with Gasteiger partial charge in [-0.15, -0.1) is 0 Å². The third-order valence-corrected chi connectivity index (χ3v) is 5.09. The highest BCUT2D eigenvalue weighted by atomic mass is 16.5. The monoisotopic (exact) mass is 349 g/mol. The summed E-state index contributed by atoms with van der Waals surface area (Å²) in [5.41, 5.74) is 0.892. The fraction of sp³-hybridized carbons (Fsp3) is 0.789. The predicted octanol–water partition coefficient (Wildman–Crippen LogP) is 1.67. The fourth-order valence-corrected chi connectivity index (χ4v) is 3.62. The lowest BCUT2D eigenvalue weighted by atomic mass is 9.92. The van der Waals surface area contributed by atoms with Crippen molar-refractivity contribution in [1.29, 1.82) is 0 Å². The number of likely N-dealkylation sites (tertiary alicyclic amines) is 1. The first-order chi connectivity index (χ1) is 11.9. The Labute approximate surface area is 150 Å². The second kappa shape index (κ2) is 7.98. The predicted molar refractivity (Wildman–Crippen MR) is 96.9 cm³/mol. The molecule has 1 aromatic heterocycles. The molecule has 0 N–H and O–H groups in total. The van der Waals surface area contributed by atoms with Crippen LogP contribution in [0.2, 0.25) is 0 Å². The fourth-order valence-electron chi connectivity index (χ4n) is 3.62.